The Morgan fingerprint density at radius 3 is 1.08 bits per heavy atom. The van der Waals surface area contributed by atoms with Gasteiger partial charge in [-0.2, -0.15) is 0 Å². The van der Waals surface area contributed by atoms with Crippen LogP contribution in [-0.2, 0) is 15.9 Å². The van der Waals surface area contributed by atoms with E-state index in [0.29, 0.717) is 24.0 Å². The van der Waals surface area contributed by atoms with E-state index in [0.717, 1.165) is 11.1 Å². The lowest BCUT2D eigenvalue weighted by atomic mass is 9.75. The first kappa shape index (κ1) is 28.2. The van der Waals surface area contributed by atoms with Gasteiger partial charge in [0, 0.05) is 11.1 Å². The Balaban J connectivity index is 2.05. The van der Waals surface area contributed by atoms with E-state index in [2.05, 4.69) is 27.7 Å². The van der Waals surface area contributed by atoms with E-state index >= 15 is 0 Å². The van der Waals surface area contributed by atoms with Crippen LogP contribution in [0.2, 0.25) is 0 Å². The highest BCUT2D eigenvalue weighted by Gasteiger charge is 2.53. The van der Waals surface area contributed by atoms with Crippen LogP contribution < -0.4 is 0 Å². The molecular formula is C36H38O3. The largest absolute Gasteiger partial charge is 0.343 e. The van der Waals surface area contributed by atoms with E-state index < -0.39 is 11.2 Å². The van der Waals surface area contributed by atoms with Gasteiger partial charge in [0.25, 0.3) is 0 Å². The van der Waals surface area contributed by atoms with Crippen LogP contribution in [-0.4, -0.2) is 11.6 Å². The first-order chi connectivity index (χ1) is 18.8. The molecule has 0 bridgehead atoms. The number of Topliss-reactive ketones (excluding diaryl/α,β-unsaturated/α-hetero) is 2. The van der Waals surface area contributed by atoms with Crippen molar-refractivity contribution in [2.45, 2.75) is 51.7 Å². The fourth-order valence-electron chi connectivity index (χ4n) is 5.48. The van der Waals surface area contributed by atoms with Crippen molar-refractivity contribution in [2.24, 2.45) is 11.8 Å². The lowest BCUT2D eigenvalue weighted by Crippen LogP contribution is -2.51. The predicted octanol–water partition coefficient (Wildman–Crippen LogP) is 8.65. The average Bonchev–Trinajstić information content (AvgIpc) is 2.97. The summed E-state index contributed by atoms with van der Waals surface area (Å²) in [5, 5.41) is 0. The van der Waals surface area contributed by atoms with Gasteiger partial charge in [-0.15, -0.1) is 0 Å². The highest BCUT2D eigenvalue weighted by atomic mass is 16.5. The van der Waals surface area contributed by atoms with E-state index in [4.69, 9.17) is 4.74 Å². The van der Waals surface area contributed by atoms with Gasteiger partial charge in [-0.05, 0) is 35.8 Å². The summed E-state index contributed by atoms with van der Waals surface area (Å²) >= 11 is 0. The number of ketones is 2. The van der Waals surface area contributed by atoms with E-state index in [1.807, 2.05) is 121 Å². The molecule has 0 aliphatic carbocycles. The van der Waals surface area contributed by atoms with E-state index in [1.165, 1.54) is 0 Å². The first-order valence-electron chi connectivity index (χ1n) is 13.8. The molecule has 2 atom stereocenters. The molecule has 0 heterocycles. The SMILES string of the molecule is CC(C)CC(OC(CC(C)C)(C(=O)c1ccccc1)c1ccccc1)(C(=O)c1ccccc1)c1ccccc1. The van der Waals surface area contributed by atoms with Crippen molar-refractivity contribution in [3.05, 3.63) is 144 Å². The second kappa shape index (κ2) is 12.4. The molecule has 4 aromatic carbocycles. The average molecular weight is 519 g/mol. The number of hydrogen-bond donors (Lipinski definition) is 0. The van der Waals surface area contributed by atoms with Crippen LogP contribution in [0.25, 0.3) is 0 Å². The Morgan fingerprint density at radius 2 is 0.795 bits per heavy atom. The van der Waals surface area contributed by atoms with Crippen LogP contribution in [0.3, 0.4) is 0 Å². The fraction of sp³-hybridized carbons (Fsp3) is 0.278. The van der Waals surface area contributed by atoms with Crippen LogP contribution in [0.4, 0.5) is 0 Å². The molecule has 3 heteroatoms. The van der Waals surface area contributed by atoms with Crippen molar-refractivity contribution < 1.29 is 14.3 Å². The Kier molecular flexibility index (Phi) is 8.93. The molecule has 4 aromatic rings. The topological polar surface area (TPSA) is 43.4 Å². The normalized spacial score (nSPS) is 14.5. The van der Waals surface area contributed by atoms with Gasteiger partial charge < -0.3 is 4.74 Å². The van der Waals surface area contributed by atoms with Gasteiger partial charge in [-0.25, -0.2) is 0 Å². The van der Waals surface area contributed by atoms with Gasteiger partial charge in [0.05, 0.1) is 0 Å². The van der Waals surface area contributed by atoms with Crippen molar-refractivity contribution in [1.29, 1.82) is 0 Å². The van der Waals surface area contributed by atoms with Crippen molar-refractivity contribution in [3.63, 3.8) is 0 Å². The van der Waals surface area contributed by atoms with Gasteiger partial charge in [-0.1, -0.05) is 149 Å². The molecule has 0 amide bonds. The number of ether oxygens (including phenoxy) is 1. The van der Waals surface area contributed by atoms with Gasteiger partial charge in [0.2, 0.25) is 0 Å². The van der Waals surface area contributed by atoms with Gasteiger partial charge in [-0.3, -0.25) is 9.59 Å². The third kappa shape index (κ3) is 6.10. The maximum absolute atomic E-state index is 14.7. The predicted molar refractivity (Wildman–Crippen MR) is 158 cm³/mol. The van der Waals surface area contributed by atoms with E-state index in [1.54, 1.807) is 0 Å². The van der Waals surface area contributed by atoms with Crippen molar-refractivity contribution in [1.82, 2.24) is 0 Å². The second-order valence-electron chi connectivity index (χ2n) is 11.1. The van der Waals surface area contributed by atoms with Gasteiger partial charge in [0.15, 0.2) is 22.8 Å². The Hall–Kier alpha value is -3.82. The highest BCUT2D eigenvalue weighted by Crippen LogP contribution is 2.47. The summed E-state index contributed by atoms with van der Waals surface area (Å²) in [7, 11) is 0. The molecule has 2 unspecified atom stereocenters. The standard InChI is InChI=1S/C36H38O3/c1-27(2)25-35(31-21-13-7-14-22-31,33(37)29-17-9-5-10-18-29)39-36(26-28(3)4,32-23-15-8-16-24-32)34(38)30-19-11-6-12-20-30/h5-24,27-28H,25-26H2,1-4H3. The fourth-order valence-corrected chi connectivity index (χ4v) is 5.48. The van der Waals surface area contributed by atoms with Gasteiger partial charge >= 0.3 is 0 Å². The molecule has 200 valence electrons. The summed E-state index contributed by atoms with van der Waals surface area (Å²) in [6, 6.07) is 37.9. The zero-order valence-corrected chi connectivity index (χ0v) is 23.3. The quantitative estimate of drug-likeness (QED) is 0.176. The number of benzene rings is 4. The van der Waals surface area contributed by atoms with Crippen molar-refractivity contribution in [2.75, 3.05) is 0 Å². The summed E-state index contributed by atoms with van der Waals surface area (Å²) < 4.78 is 7.35. The number of rotatable bonds is 12. The molecule has 0 fully saturated rings. The Labute approximate surface area is 232 Å². The summed E-state index contributed by atoms with van der Waals surface area (Å²) in [4.78, 5) is 29.4. The van der Waals surface area contributed by atoms with E-state index in [-0.39, 0.29) is 23.4 Å². The Bertz CT molecular complexity index is 1240. The summed E-state index contributed by atoms with van der Waals surface area (Å²) in [6.07, 6.45) is 0.832. The molecule has 0 radical (unpaired) electrons. The molecule has 4 rings (SSSR count). The maximum atomic E-state index is 14.7. The van der Waals surface area contributed by atoms with Crippen molar-refractivity contribution in [3.8, 4) is 0 Å². The summed E-state index contributed by atoms with van der Waals surface area (Å²) in [5.41, 5.74) is -0.186. The van der Waals surface area contributed by atoms with Gasteiger partial charge in [0.1, 0.15) is 0 Å². The maximum Gasteiger partial charge on any atom is 0.199 e. The smallest absolute Gasteiger partial charge is 0.199 e. The van der Waals surface area contributed by atoms with Crippen LogP contribution in [0.1, 0.15) is 72.4 Å². The highest BCUT2D eigenvalue weighted by molar-refractivity contribution is 6.05. The minimum Gasteiger partial charge on any atom is -0.343 e. The number of carbonyl (C=O) groups excluding carboxylic acids is 2. The molecule has 0 aliphatic heterocycles. The zero-order chi connectivity index (χ0) is 27.9. The first-order valence-corrected chi connectivity index (χ1v) is 13.8. The molecule has 0 N–H and O–H groups in total. The van der Waals surface area contributed by atoms with Crippen molar-refractivity contribution >= 4 is 11.6 Å². The Morgan fingerprint density at radius 1 is 0.513 bits per heavy atom. The minimum absolute atomic E-state index is 0.109. The molecule has 39 heavy (non-hydrogen) atoms. The summed E-state index contributed by atoms with van der Waals surface area (Å²) in [6.45, 7) is 8.35. The third-order valence-corrected chi connectivity index (χ3v) is 7.03. The van der Waals surface area contributed by atoms with Crippen LogP contribution >= 0.6 is 0 Å². The molecule has 0 spiro atoms. The number of hydrogen-bond acceptors (Lipinski definition) is 3. The van der Waals surface area contributed by atoms with Crippen LogP contribution in [0.15, 0.2) is 121 Å². The molecular weight excluding hydrogens is 480 g/mol. The zero-order valence-electron chi connectivity index (χ0n) is 23.3. The lowest BCUT2D eigenvalue weighted by molar-refractivity contribution is -0.137. The molecule has 0 saturated carbocycles. The monoisotopic (exact) mass is 518 g/mol. The molecule has 3 nitrogen and oxygen atoms in total. The number of carbonyl (C=O) groups is 2. The minimum atomic E-state index is -1.40. The molecule has 0 aromatic heterocycles. The second-order valence-corrected chi connectivity index (χ2v) is 11.1. The molecule has 0 aliphatic rings. The third-order valence-electron chi connectivity index (χ3n) is 7.03. The summed E-state index contributed by atoms with van der Waals surface area (Å²) in [5.74, 6) is -0.0738. The van der Waals surface area contributed by atoms with Crippen LogP contribution in [0, 0.1) is 11.8 Å². The van der Waals surface area contributed by atoms with Crippen LogP contribution in [0.5, 0.6) is 0 Å². The molecule has 0 saturated heterocycles. The van der Waals surface area contributed by atoms with E-state index in [9.17, 15) is 9.59 Å². The lowest BCUT2D eigenvalue weighted by Gasteiger charge is -2.45.